The minimum absolute atomic E-state index is 0.0331. The van der Waals surface area contributed by atoms with Crippen LogP contribution in [0.2, 0.25) is 5.02 Å². The fourth-order valence-electron chi connectivity index (χ4n) is 0.968. The van der Waals surface area contributed by atoms with E-state index >= 15 is 0 Å². The van der Waals surface area contributed by atoms with Gasteiger partial charge in [-0.1, -0.05) is 23.7 Å². The monoisotopic (exact) mass is 375 g/mol. The maximum absolute atomic E-state index is 11.9. The third-order valence-electron chi connectivity index (χ3n) is 2.09. The number of thiophene rings is 1. The molecule has 0 saturated heterocycles. The van der Waals surface area contributed by atoms with Gasteiger partial charge < -0.3 is 10.9 Å². The standard InChI is InChI=1S/C8H11BrClN3O3S2/c1-4(8(11)13-14)3-12-18(15,16)6-2-5(10)7(9)17-6/h2,4,12,14H,3H2,1H3,(H2,11,13). The van der Waals surface area contributed by atoms with Crippen LogP contribution in [0.3, 0.4) is 0 Å². The molecular formula is C8H11BrClN3O3S2. The van der Waals surface area contributed by atoms with Crippen molar-refractivity contribution >= 4 is 54.7 Å². The lowest BCUT2D eigenvalue weighted by Gasteiger charge is -2.10. The molecule has 0 aliphatic carbocycles. The van der Waals surface area contributed by atoms with Crippen LogP contribution in [0.1, 0.15) is 6.92 Å². The summed E-state index contributed by atoms with van der Waals surface area (Å²) in [6.07, 6.45) is 0. The summed E-state index contributed by atoms with van der Waals surface area (Å²) in [6, 6.07) is 1.35. The van der Waals surface area contributed by atoms with Gasteiger partial charge in [-0.25, -0.2) is 13.1 Å². The van der Waals surface area contributed by atoms with Crippen molar-refractivity contribution in [3.63, 3.8) is 0 Å². The van der Waals surface area contributed by atoms with Crippen LogP contribution in [0.15, 0.2) is 19.2 Å². The Kier molecular flexibility index (Phi) is 5.41. The van der Waals surface area contributed by atoms with Gasteiger partial charge in [0.2, 0.25) is 10.0 Å². The van der Waals surface area contributed by atoms with Crippen LogP contribution >= 0.6 is 38.9 Å². The lowest BCUT2D eigenvalue weighted by atomic mass is 10.2. The second kappa shape index (κ2) is 6.20. The molecule has 0 bridgehead atoms. The summed E-state index contributed by atoms with van der Waals surface area (Å²) >= 11 is 9.93. The number of nitrogens with zero attached hydrogens (tertiary/aromatic N) is 1. The van der Waals surface area contributed by atoms with Gasteiger partial charge in [0.05, 0.1) is 8.81 Å². The molecule has 0 aromatic carbocycles. The molecule has 1 aromatic rings. The highest BCUT2D eigenvalue weighted by molar-refractivity contribution is 9.11. The highest BCUT2D eigenvalue weighted by atomic mass is 79.9. The van der Waals surface area contributed by atoms with Gasteiger partial charge in [-0.05, 0) is 22.0 Å². The molecule has 6 nitrogen and oxygen atoms in total. The lowest BCUT2D eigenvalue weighted by molar-refractivity contribution is 0.314. The Morgan fingerprint density at radius 3 is 2.83 bits per heavy atom. The molecule has 0 spiro atoms. The predicted octanol–water partition coefficient (Wildman–Crippen LogP) is 1.82. The molecule has 4 N–H and O–H groups in total. The van der Waals surface area contributed by atoms with Crippen molar-refractivity contribution in [1.82, 2.24) is 4.72 Å². The highest BCUT2D eigenvalue weighted by Gasteiger charge is 2.20. The van der Waals surface area contributed by atoms with E-state index in [1.807, 2.05) is 0 Å². The number of amidine groups is 1. The van der Waals surface area contributed by atoms with Crippen LogP contribution in [-0.2, 0) is 10.0 Å². The number of oxime groups is 1. The Hall–Kier alpha value is -0.350. The zero-order chi connectivity index (χ0) is 13.9. The Morgan fingerprint density at radius 1 is 1.78 bits per heavy atom. The minimum atomic E-state index is -3.64. The van der Waals surface area contributed by atoms with Crippen LogP contribution in [0.25, 0.3) is 0 Å². The molecule has 0 radical (unpaired) electrons. The fraction of sp³-hybridized carbons (Fsp3) is 0.375. The van der Waals surface area contributed by atoms with Gasteiger partial charge in [-0.3, -0.25) is 0 Å². The van der Waals surface area contributed by atoms with E-state index in [0.717, 1.165) is 11.3 Å². The predicted molar refractivity (Wildman–Crippen MR) is 74.8 cm³/mol. The van der Waals surface area contributed by atoms with Gasteiger partial charge in [0.1, 0.15) is 10.0 Å². The first kappa shape index (κ1) is 15.7. The highest BCUT2D eigenvalue weighted by Crippen LogP contribution is 2.34. The summed E-state index contributed by atoms with van der Waals surface area (Å²) in [5, 5.41) is 11.6. The van der Waals surface area contributed by atoms with Crippen molar-refractivity contribution in [3.8, 4) is 0 Å². The van der Waals surface area contributed by atoms with Crippen molar-refractivity contribution in [1.29, 1.82) is 0 Å². The number of hydrogen-bond acceptors (Lipinski definition) is 5. The number of sulfonamides is 1. The Balaban J connectivity index is 2.78. The Morgan fingerprint density at radius 2 is 2.39 bits per heavy atom. The van der Waals surface area contributed by atoms with E-state index in [-0.39, 0.29) is 16.6 Å². The van der Waals surface area contributed by atoms with Crippen molar-refractivity contribution in [2.24, 2.45) is 16.8 Å². The summed E-state index contributed by atoms with van der Waals surface area (Å²) in [4.78, 5) is 0. The molecule has 1 aromatic heterocycles. The van der Waals surface area contributed by atoms with E-state index < -0.39 is 15.9 Å². The van der Waals surface area contributed by atoms with Crippen molar-refractivity contribution in [2.45, 2.75) is 11.1 Å². The smallest absolute Gasteiger partial charge is 0.250 e. The van der Waals surface area contributed by atoms with Crippen LogP contribution in [0.5, 0.6) is 0 Å². The molecule has 0 aliphatic rings. The Labute approximate surface area is 122 Å². The lowest BCUT2D eigenvalue weighted by Crippen LogP contribution is -2.34. The van der Waals surface area contributed by atoms with Gasteiger partial charge in [-0.15, -0.1) is 11.3 Å². The molecule has 1 heterocycles. The van der Waals surface area contributed by atoms with Crippen molar-refractivity contribution in [3.05, 3.63) is 14.9 Å². The van der Waals surface area contributed by atoms with Gasteiger partial charge in [0.25, 0.3) is 0 Å². The molecule has 102 valence electrons. The second-order valence-electron chi connectivity index (χ2n) is 3.46. The molecule has 1 rings (SSSR count). The molecule has 10 heteroatoms. The molecule has 18 heavy (non-hydrogen) atoms. The molecule has 0 saturated carbocycles. The molecule has 0 amide bonds. The number of hydrogen-bond donors (Lipinski definition) is 3. The van der Waals surface area contributed by atoms with Gasteiger partial charge in [-0.2, -0.15) is 0 Å². The topological polar surface area (TPSA) is 105 Å². The number of rotatable bonds is 5. The molecule has 0 fully saturated rings. The fourth-order valence-corrected chi connectivity index (χ4v) is 4.54. The third-order valence-corrected chi connectivity index (χ3v) is 6.46. The van der Waals surface area contributed by atoms with Crippen LogP contribution in [-0.4, -0.2) is 26.0 Å². The molecule has 1 unspecified atom stereocenters. The van der Waals surface area contributed by atoms with Crippen molar-refractivity contribution in [2.75, 3.05) is 6.54 Å². The van der Waals surface area contributed by atoms with Crippen LogP contribution in [0.4, 0.5) is 0 Å². The van der Waals surface area contributed by atoms with E-state index in [1.165, 1.54) is 6.07 Å². The summed E-state index contributed by atoms with van der Waals surface area (Å²) in [7, 11) is -3.64. The third kappa shape index (κ3) is 3.82. The largest absolute Gasteiger partial charge is 0.409 e. The average molecular weight is 377 g/mol. The van der Waals surface area contributed by atoms with E-state index in [2.05, 4.69) is 25.8 Å². The molecule has 1 atom stereocenters. The second-order valence-corrected chi connectivity index (χ2v) is 8.24. The summed E-state index contributed by atoms with van der Waals surface area (Å²) in [5.41, 5.74) is 5.35. The molecule has 0 aliphatic heterocycles. The first-order chi connectivity index (χ1) is 8.27. The first-order valence-corrected chi connectivity index (χ1v) is 8.17. The number of nitrogens with two attached hydrogens (primary N) is 1. The van der Waals surface area contributed by atoms with Gasteiger partial charge in [0, 0.05) is 12.5 Å². The normalized spacial score (nSPS) is 14.7. The maximum atomic E-state index is 11.9. The minimum Gasteiger partial charge on any atom is -0.409 e. The zero-order valence-electron chi connectivity index (χ0n) is 9.22. The summed E-state index contributed by atoms with van der Waals surface area (Å²) in [5.74, 6) is -0.452. The van der Waals surface area contributed by atoms with Gasteiger partial charge >= 0.3 is 0 Å². The van der Waals surface area contributed by atoms with Crippen molar-refractivity contribution < 1.29 is 13.6 Å². The van der Waals surface area contributed by atoms with Crippen LogP contribution < -0.4 is 10.5 Å². The molecular weight excluding hydrogens is 366 g/mol. The SMILES string of the molecule is CC(CNS(=O)(=O)c1cc(Cl)c(Br)s1)C(N)=NO. The summed E-state index contributed by atoms with van der Waals surface area (Å²) in [6.45, 7) is 1.67. The van der Waals surface area contributed by atoms with E-state index in [9.17, 15) is 8.42 Å². The maximum Gasteiger partial charge on any atom is 0.250 e. The van der Waals surface area contributed by atoms with E-state index in [1.54, 1.807) is 6.92 Å². The van der Waals surface area contributed by atoms with E-state index in [0.29, 0.717) is 8.81 Å². The zero-order valence-corrected chi connectivity index (χ0v) is 13.2. The number of nitrogens with one attached hydrogen (secondary N) is 1. The number of halogens is 2. The first-order valence-electron chi connectivity index (χ1n) is 4.70. The van der Waals surface area contributed by atoms with Crippen LogP contribution in [0, 0.1) is 5.92 Å². The van der Waals surface area contributed by atoms with E-state index in [4.69, 9.17) is 22.5 Å². The van der Waals surface area contributed by atoms with Gasteiger partial charge in [0.15, 0.2) is 0 Å². The summed E-state index contributed by atoms with van der Waals surface area (Å²) < 4.78 is 26.8. The average Bonchev–Trinajstić information content (AvgIpc) is 2.66. The quantitative estimate of drug-likeness (QED) is 0.315. The Bertz CT molecular complexity index is 538.